The van der Waals surface area contributed by atoms with Crippen molar-refractivity contribution >= 4 is 29.7 Å². The van der Waals surface area contributed by atoms with Gasteiger partial charge in [0.05, 0.1) is 19.1 Å². The van der Waals surface area contributed by atoms with Gasteiger partial charge in [0.1, 0.15) is 0 Å². The van der Waals surface area contributed by atoms with E-state index in [2.05, 4.69) is 15.8 Å². The minimum absolute atomic E-state index is 0.0718. The highest BCUT2D eigenvalue weighted by atomic mass is 16.6. The molecule has 0 unspecified atom stereocenters. The van der Waals surface area contributed by atoms with E-state index < -0.39 is 11.9 Å². The molecule has 1 heterocycles. The summed E-state index contributed by atoms with van der Waals surface area (Å²) in [4.78, 5) is 37.1. The Bertz CT molecular complexity index is 1460. The molecule has 1 aromatic heterocycles. The Hall–Kier alpha value is -5.18. The van der Waals surface area contributed by atoms with Gasteiger partial charge in [0.2, 0.25) is 5.76 Å². The van der Waals surface area contributed by atoms with Crippen LogP contribution in [0.25, 0.3) is 0 Å². The molecule has 4 aromatic rings. The molecular weight excluding hydrogens is 486 g/mol. The van der Waals surface area contributed by atoms with Crippen LogP contribution in [-0.2, 0) is 0 Å². The molecule has 0 saturated carbocycles. The van der Waals surface area contributed by atoms with Gasteiger partial charge in [-0.1, -0.05) is 17.7 Å². The second kappa shape index (κ2) is 12.2. The summed E-state index contributed by atoms with van der Waals surface area (Å²) >= 11 is 0. The first kappa shape index (κ1) is 25.9. The maximum absolute atomic E-state index is 12.5. The summed E-state index contributed by atoms with van der Waals surface area (Å²) in [5, 5.41) is 6.80. The summed E-state index contributed by atoms with van der Waals surface area (Å²) in [6.45, 7) is 4.07. The minimum Gasteiger partial charge on any atom is -0.490 e. The lowest BCUT2D eigenvalue weighted by Crippen LogP contribution is -2.18. The maximum Gasteiger partial charge on any atom is 0.379 e. The number of amides is 2. The number of ether oxygens (including phenoxy) is 2. The number of carbonyl (C=O) groups excluding carboxylic acids is 3. The first-order valence-corrected chi connectivity index (χ1v) is 11.8. The Morgan fingerprint density at radius 2 is 1.71 bits per heavy atom. The van der Waals surface area contributed by atoms with E-state index in [1.165, 1.54) is 18.5 Å². The van der Waals surface area contributed by atoms with Crippen LogP contribution in [0.1, 0.15) is 49.3 Å². The largest absolute Gasteiger partial charge is 0.490 e. The number of esters is 1. The zero-order valence-corrected chi connectivity index (χ0v) is 20.8. The van der Waals surface area contributed by atoms with Crippen LogP contribution in [0.15, 0.2) is 94.6 Å². The van der Waals surface area contributed by atoms with Crippen molar-refractivity contribution in [3.05, 3.63) is 113 Å². The van der Waals surface area contributed by atoms with Crippen LogP contribution in [0.3, 0.4) is 0 Å². The summed E-state index contributed by atoms with van der Waals surface area (Å²) in [7, 11) is 0. The predicted molar refractivity (Wildman–Crippen MR) is 142 cm³/mol. The van der Waals surface area contributed by atoms with Gasteiger partial charge in [0.15, 0.2) is 11.5 Å². The molecule has 3 aromatic carbocycles. The highest BCUT2D eigenvalue weighted by Gasteiger charge is 2.15. The van der Waals surface area contributed by atoms with E-state index in [4.69, 9.17) is 13.9 Å². The van der Waals surface area contributed by atoms with Crippen molar-refractivity contribution in [1.29, 1.82) is 0 Å². The number of anilines is 1. The maximum atomic E-state index is 12.5. The zero-order valence-electron chi connectivity index (χ0n) is 20.8. The quantitative estimate of drug-likeness (QED) is 0.138. The fourth-order valence-corrected chi connectivity index (χ4v) is 3.43. The second-order valence-corrected chi connectivity index (χ2v) is 8.11. The van der Waals surface area contributed by atoms with Gasteiger partial charge < -0.3 is 19.2 Å². The lowest BCUT2D eigenvalue weighted by molar-refractivity contribution is 0.0694. The summed E-state index contributed by atoms with van der Waals surface area (Å²) in [5.41, 5.74) is 5.55. The molecule has 0 bridgehead atoms. The number of carbonyl (C=O) groups is 3. The number of hydrogen-bond donors (Lipinski definition) is 2. The van der Waals surface area contributed by atoms with Crippen LogP contribution in [0, 0.1) is 6.92 Å². The second-order valence-electron chi connectivity index (χ2n) is 8.11. The molecule has 0 radical (unpaired) electrons. The Kier molecular flexibility index (Phi) is 8.30. The third-order valence-electron chi connectivity index (χ3n) is 5.26. The van der Waals surface area contributed by atoms with Gasteiger partial charge in [-0.25, -0.2) is 10.2 Å². The molecule has 9 heteroatoms. The van der Waals surface area contributed by atoms with Crippen molar-refractivity contribution in [2.24, 2.45) is 5.10 Å². The molecule has 192 valence electrons. The molecule has 0 spiro atoms. The molecule has 2 amide bonds. The number of hydrazone groups is 1. The van der Waals surface area contributed by atoms with E-state index in [1.807, 2.05) is 19.1 Å². The fourth-order valence-electron chi connectivity index (χ4n) is 3.43. The monoisotopic (exact) mass is 511 g/mol. The fraction of sp³-hybridized carbons (Fsp3) is 0.103. The van der Waals surface area contributed by atoms with E-state index in [1.54, 1.807) is 67.6 Å². The van der Waals surface area contributed by atoms with Gasteiger partial charge >= 0.3 is 5.97 Å². The van der Waals surface area contributed by atoms with Crippen LogP contribution in [-0.4, -0.2) is 30.6 Å². The summed E-state index contributed by atoms with van der Waals surface area (Å²) in [5.74, 6) is -0.668. The number of nitrogens with one attached hydrogen (secondary N) is 2. The van der Waals surface area contributed by atoms with E-state index in [0.717, 1.165) is 5.56 Å². The predicted octanol–water partition coefficient (Wildman–Crippen LogP) is 5.22. The van der Waals surface area contributed by atoms with Crippen molar-refractivity contribution in [3.63, 3.8) is 0 Å². The van der Waals surface area contributed by atoms with E-state index in [-0.39, 0.29) is 17.4 Å². The lowest BCUT2D eigenvalue weighted by atomic mass is 10.1. The van der Waals surface area contributed by atoms with Crippen molar-refractivity contribution in [2.75, 3.05) is 11.9 Å². The molecule has 2 N–H and O–H groups in total. The van der Waals surface area contributed by atoms with Crippen LogP contribution in [0.4, 0.5) is 5.69 Å². The number of nitrogens with zero attached hydrogens (tertiary/aromatic N) is 1. The van der Waals surface area contributed by atoms with E-state index >= 15 is 0 Å². The lowest BCUT2D eigenvalue weighted by Gasteiger charge is -2.10. The Morgan fingerprint density at radius 3 is 2.42 bits per heavy atom. The molecular formula is C29H25N3O6. The third kappa shape index (κ3) is 6.73. The number of aryl methyl sites for hydroxylation is 1. The number of furan rings is 1. The van der Waals surface area contributed by atoms with Crippen LogP contribution in [0.2, 0.25) is 0 Å². The molecule has 38 heavy (non-hydrogen) atoms. The molecule has 0 atom stereocenters. The molecule has 0 aliphatic heterocycles. The Labute approximate surface area is 219 Å². The summed E-state index contributed by atoms with van der Waals surface area (Å²) in [6.07, 6.45) is 2.82. The van der Waals surface area contributed by atoms with Crippen molar-refractivity contribution in [3.8, 4) is 11.5 Å². The number of benzene rings is 3. The molecule has 0 aliphatic carbocycles. The first-order valence-electron chi connectivity index (χ1n) is 11.8. The average molecular weight is 512 g/mol. The molecule has 0 saturated heterocycles. The van der Waals surface area contributed by atoms with Crippen molar-refractivity contribution in [1.82, 2.24) is 5.43 Å². The van der Waals surface area contributed by atoms with Crippen LogP contribution in [0.5, 0.6) is 11.5 Å². The normalized spacial score (nSPS) is 10.7. The highest BCUT2D eigenvalue weighted by Crippen LogP contribution is 2.29. The molecule has 9 nitrogen and oxygen atoms in total. The average Bonchev–Trinajstić information content (AvgIpc) is 3.46. The molecule has 0 aliphatic rings. The van der Waals surface area contributed by atoms with Crippen molar-refractivity contribution < 1.29 is 28.3 Å². The van der Waals surface area contributed by atoms with Gasteiger partial charge in [-0.05, 0) is 86.1 Å². The molecule has 0 fully saturated rings. The van der Waals surface area contributed by atoms with Gasteiger partial charge in [0.25, 0.3) is 11.8 Å². The number of hydrogen-bond acceptors (Lipinski definition) is 7. The van der Waals surface area contributed by atoms with Crippen LogP contribution < -0.4 is 20.2 Å². The van der Waals surface area contributed by atoms with E-state index in [0.29, 0.717) is 34.7 Å². The minimum atomic E-state index is -0.648. The summed E-state index contributed by atoms with van der Waals surface area (Å²) < 4.78 is 16.0. The van der Waals surface area contributed by atoms with E-state index in [9.17, 15) is 14.4 Å². The van der Waals surface area contributed by atoms with Gasteiger partial charge in [-0.15, -0.1) is 0 Å². The van der Waals surface area contributed by atoms with Gasteiger partial charge in [-0.2, -0.15) is 5.10 Å². The SMILES string of the molecule is CCOc1cc(/C=N\NC(=O)c2ccc(NC(=O)c3cccc(C)c3)cc2)ccc1OC(=O)c1ccco1. The summed E-state index contributed by atoms with van der Waals surface area (Å²) in [6, 6.07) is 21.7. The third-order valence-corrected chi connectivity index (χ3v) is 5.26. The molecule has 4 rings (SSSR count). The van der Waals surface area contributed by atoms with Crippen molar-refractivity contribution in [2.45, 2.75) is 13.8 Å². The van der Waals surface area contributed by atoms with Crippen LogP contribution >= 0.6 is 0 Å². The smallest absolute Gasteiger partial charge is 0.379 e. The Morgan fingerprint density at radius 1 is 0.895 bits per heavy atom. The highest BCUT2D eigenvalue weighted by molar-refractivity contribution is 6.04. The zero-order chi connectivity index (χ0) is 26.9. The number of rotatable bonds is 9. The topological polar surface area (TPSA) is 119 Å². The van der Waals surface area contributed by atoms with Gasteiger partial charge in [-0.3, -0.25) is 9.59 Å². The Balaban J connectivity index is 1.35. The standard InChI is InChI=1S/C29H25N3O6/c1-3-36-26-17-20(9-14-24(26)38-29(35)25-8-5-15-37-25)18-30-32-28(34)21-10-12-23(13-11-21)31-27(33)22-7-4-6-19(2)16-22/h4-18H,3H2,1-2H3,(H,31,33)(H,32,34)/b30-18-. The first-order chi connectivity index (χ1) is 18.4. The van der Waals surface area contributed by atoms with Gasteiger partial charge in [0, 0.05) is 16.8 Å².